The van der Waals surface area contributed by atoms with E-state index in [1.165, 1.54) is 13.3 Å². The number of carbonyl (C=O) groups is 2. The Balaban J connectivity index is 0.00000118. The molecule has 0 saturated heterocycles. The minimum atomic E-state index is -0.178. The van der Waals surface area contributed by atoms with E-state index in [0.717, 1.165) is 60.9 Å². The van der Waals surface area contributed by atoms with E-state index in [9.17, 15) is 9.59 Å². The molecule has 1 atom stereocenters. The number of benzene rings is 1. The average molecular weight is 543 g/mol. The number of aliphatic imine (C=N–C) groups is 1. The molecule has 1 aromatic heterocycles. The monoisotopic (exact) mass is 542 g/mol. The van der Waals surface area contributed by atoms with Gasteiger partial charge in [-0.1, -0.05) is 51.3 Å². The van der Waals surface area contributed by atoms with Crippen LogP contribution in [0.4, 0.5) is 0 Å². The first-order valence-electron chi connectivity index (χ1n) is 13.9. The molecule has 210 valence electrons. The minimum absolute atomic E-state index is 0.0867. The van der Waals surface area contributed by atoms with Gasteiger partial charge >= 0.3 is 0 Å². The van der Waals surface area contributed by atoms with Gasteiger partial charge in [0.2, 0.25) is 11.8 Å². The molecule has 0 bridgehead atoms. The number of fused-ring (bicyclic) bond motifs is 1. The zero-order valence-electron chi connectivity index (χ0n) is 23.8. The molecule has 0 aliphatic heterocycles. The predicted molar refractivity (Wildman–Crippen MR) is 161 cm³/mol. The summed E-state index contributed by atoms with van der Waals surface area (Å²) in [6.45, 7) is 8.26. The van der Waals surface area contributed by atoms with Crippen molar-refractivity contribution in [3.63, 3.8) is 0 Å². The first kappa shape index (κ1) is 31.6. The molecule has 8 heteroatoms. The van der Waals surface area contributed by atoms with Crippen molar-refractivity contribution in [3.8, 4) is 0 Å². The Morgan fingerprint density at radius 1 is 1.21 bits per heavy atom. The molecule has 1 saturated carbocycles. The van der Waals surface area contributed by atoms with Crippen LogP contribution < -0.4 is 10.6 Å². The topological polar surface area (TPSA) is 86.9 Å². The fourth-order valence-corrected chi connectivity index (χ4v) is 5.14. The maximum absolute atomic E-state index is 13.6. The molecule has 1 fully saturated rings. The summed E-state index contributed by atoms with van der Waals surface area (Å²) >= 11 is 1.59. The van der Waals surface area contributed by atoms with Crippen molar-refractivity contribution in [2.24, 2.45) is 16.8 Å². The molecule has 1 unspecified atom stereocenters. The highest BCUT2D eigenvalue weighted by Gasteiger charge is 2.32. The second kappa shape index (κ2) is 17.8. The summed E-state index contributed by atoms with van der Waals surface area (Å²) in [5.41, 5.74) is 2.60. The summed E-state index contributed by atoms with van der Waals surface area (Å²) in [5, 5.41) is 8.86. The number of nitrogens with zero attached hydrogens (tertiary/aromatic N) is 2. The van der Waals surface area contributed by atoms with E-state index < -0.39 is 0 Å². The van der Waals surface area contributed by atoms with Crippen LogP contribution in [0.3, 0.4) is 0 Å². The second-order valence-electron chi connectivity index (χ2n) is 9.63. The van der Waals surface area contributed by atoms with Crippen LogP contribution in [0.1, 0.15) is 64.9 Å². The van der Waals surface area contributed by atoms with Gasteiger partial charge in [-0.3, -0.25) is 14.6 Å². The summed E-state index contributed by atoms with van der Waals surface area (Å²) in [6.07, 6.45) is 12.1. The number of rotatable bonds is 12. The number of hydrogen-bond donors (Lipinski definition) is 2. The molecule has 2 amide bonds. The highest BCUT2D eigenvalue weighted by molar-refractivity contribution is 8.01. The van der Waals surface area contributed by atoms with Crippen LogP contribution in [0.2, 0.25) is 0 Å². The van der Waals surface area contributed by atoms with Gasteiger partial charge in [-0.2, -0.15) is 0 Å². The Bertz CT molecular complexity index is 1040. The highest BCUT2D eigenvalue weighted by atomic mass is 32.2. The lowest BCUT2D eigenvalue weighted by molar-refractivity contribution is -0.137. The van der Waals surface area contributed by atoms with Crippen molar-refractivity contribution in [1.82, 2.24) is 15.5 Å². The number of para-hydroxylation sites is 1. The van der Waals surface area contributed by atoms with Gasteiger partial charge in [0.15, 0.2) is 0 Å². The maximum atomic E-state index is 13.6. The van der Waals surface area contributed by atoms with E-state index >= 15 is 0 Å². The SMILES string of the molecule is CCCN(CC=N/C(=C\SC)c1coc2ccccc12)C(=O)C(CNC(C)=O)C1CCCCC1.CCNC. The fourth-order valence-electron chi connectivity index (χ4n) is 4.73. The molecule has 1 aliphatic carbocycles. The molecule has 0 radical (unpaired) electrons. The first-order chi connectivity index (χ1) is 18.5. The van der Waals surface area contributed by atoms with Crippen LogP contribution >= 0.6 is 11.8 Å². The van der Waals surface area contributed by atoms with Crippen LogP contribution in [0.5, 0.6) is 0 Å². The lowest BCUT2D eigenvalue weighted by Gasteiger charge is -2.33. The third-order valence-electron chi connectivity index (χ3n) is 6.78. The van der Waals surface area contributed by atoms with Gasteiger partial charge in [-0.25, -0.2) is 0 Å². The summed E-state index contributed by atoms with van der Waals surface area (Å²) in [4.78, 5) is 31.9. The fraction of sp³-hybridized carbons (Fsp3) is 0.567. The first-order valence-corrected chi connectivity index (χ1v) is 15.1. The molecule has 1 heterocycles. The Morgan fingerprint density at radius 3 is 2.55 bits per heavy atom. The summed E-state index contributed by atoms with van der Waals surface area (Å²) in [5.74, 6) is 0.186. The largest absolute Gasteiger partial charge is 0.464 e. The van der Waals surface area contributed by atoms with Crippen LogP contribution in [-0.4, -0.2) is 62.4 Å². The Kier molecular flexibility index (Phi) is 14.9. The van der Waals surface area contributed by atoms with Crippen LogP contribution in [0.15, 0.2) is 45.3 Å². The van der Waals surface area contributed by atoms with Crippen LogP contribution in [-0.2, 0) is 9.59 Å². The minimum Gasteiger partial charge on any atom is -0.464 e. The number of carbonyl (C=O) groups excluding carboxylic acids is 2. The van der Waals surface area contributed by atoms with E-state index in [0.29, 0.717) is 25.6 Å². The zero-order valence-corrected chi connectivity index (χ0v) is 24.6. The molecule has 38 heavy (non-hydrogen) atoms. The summed E-state index contributed by atoms with van der Waals surface area (Å²) in [6, 6.07) is 7.92. The lowest BCUT2D eigenvalue weighted by atomic mass is 9.79. The zero-order chi connectivity index (χ0) is 27.8. The van der Waals surface area contributed by atoms with Gasteiger partial charge < -0.3 is 20.0 Å². The molecule has 2 N–H and O–H groups in total. The van der Waals surface area contributed by atoms with Crippen molar-refractivity contribution in [3.05, 3.63) is 41.5 Å². The van der Waals surface area contributed by atoms with Crippen molar-refractivity contribution in [2.75, 3.05) is 39.5 Å². The van der Waals surface area contributed by atoms with Crippen molar-refractivity contribution in [2.45, 2.75) is 59.3 Å². The number of furan rings is 1. The Hall–Kier alpha value is -2.58. The van der Waals surface area contributed by atoms with Crippen LogP contribution in [0, 0.1) is 11.8 Å². The Labute approximate surface area is 232 Å². The molecule has 7 nitrogen and oxygen atoms in total. The molecule has 1 aliphatic rings. The number of hydrogen-bond acceptors (Lipinski definition) is 6. The third kappa shape index (κ3) is 9.95. The molecule has 2 aromatic rings. The highest BCUT2D eigenvalue weighted by Crippen LogP contribution is 2.31. The molecule has 1 aromatic carbocycles. The van der Waals surface area contributed by atoms with Gasteiger partial charge in [0, 0.05) is 37.2 Å². The van der Waals surface area contributed by atoms with E-state index in [2.05, 4.69) is 24.5 Å². The molecule has 3 rings (SSSR count). The van der Waals surface area contributed by atoms with Gasteiger partial charge in [0.25, 0.3) is 0 Å². The van der Waals surface area contributed by atoms with Crippen LogP contribution in [0.25, 0.3) is 16.7 Å². The molecule has 0 spiro atoms. The quantitative estimate of drug-likeness (QED) is 0.323. The summed E-state index contributed by atoms with van der Waals surface area (Å²) < 4.78 is 5.70. The number of nitrogens with one attached hydrogen (secondary N) is 2. The number of amides is 2. The second-order valence-corrected chi connectivity index (χ2v) is 10.3. The number of thioether (sulfide) groups is 1. The predicted octanol–water partition coefficient (Wildman–Crippen LogP) is 5.96. The standard InChI is InChI=1S/C27H37N3O3S.C3H9N/c1-4-15-30(27(32)23(17-29-20(2)31)21-10-6-5-7-11-21)16-14-28-25(19-34-3)24-18-33-26-13-9-8-12-22(24)26;1-3-4-2/h8-9,12-14,18-19,21,23H,4-7,10-11,15-17H2,1-3H3,(H,29,31);4H,3H2,1-2H3/b25-19-,28-14?;. The van der Waals surface area contributed by atoms with Gasteiger partial charge in [0.05, 0.1) is 18.2 Å². The average Bonchev–Trinajstić information content (AvgIpc) is 3.37. The lowest BCUT2D eigenvalue weighted by Crippen LogP contribution is -2.45. The Morgan fingerprint density at radius 2 is 1.92 bits per heavy atom. The third-order valence-corrected chi connectivity index (χ3v) is 7.24. The molecular weight excluding hydrogens is 496 g/mol. The summed E-state index contributed by atoms with van der Waals surface area (Å²) in [7, 11) is 1.93. The van der Waals surface area contributed by atoms with Gasteiger partial charge in [-0.05, 0) is 56.5 Å². The van der Waals surface area contributed by atoms with E-state index in [-0.39, 0.29) is 17.7 Å². The maximum Gasteiger partial charge on any atom is 0.228 e. The van der Waals surface area contributed by atoms with Gasteiger partial charge in [0.1, 0.15) is 11.8 Å². The van der Waals surface area contributed by atoms with E-state index in [4.69, 9.17) is 9.41 Å². The van der Waals surface area contributed by atoms with Gasteiger partial charge in [-0.15, -0.1) is 11.8 Å². The normalized spacial score (nSPS) is 15.2. The van der Waals surface area contributed by atoms with Crippen molar-refractivity contribution < 1.29 is 14.0 Å². The van der Waals surface area contributed by atoms with Crippen molar-refractivity contribution >= 4 is 46.5 Å². The van der Waals surface area contributed by atoms with Crippen molar-refractivity contribution in [1.29, 1.82) is 0 Å². The smallest absolute Gasteiger partial charge is 0.228 e. The van der Waals surface area contributed by atoms with E-state index in [1.54, 1.807) is 18.0 Å². The molecular formula is C30H46N4O3S. The van der Waals surface area contributed by atoms with E-state index in [1.807, 2.05) is 54.1 Å².